The fourth-order valence-electron chi connectivity index (χ4n) is 2.83. The Labute approximate surface area is 98.1 Å². The van der Waals surface area contributed by atoms with Gasteiger partial charge in [-0.3, -0.25) is 0 Å². The Morgan fingerprint density at radius 3 is 1.50 bits per heavy atom. The molecule has 2 N–H and O–H groups in total. The van der Waals surface area contributed by atoms with Crippen molar-refractivity contribution in [3.05, 3.63) is 0 Å². The van der Waals surface area contributed by atoms with E-state index in [1.165, 1.54) is 0 Å². The van der Waals surface area contributed by atoms with Gasteiger partial charge in [0.15, 0.2) is 0 Å². The average molecular weight is 222 g/mol. The second-order valence-electron chi connectivity index (χ2n) is 5.32. The van der Waals surface area contributed by atoms with Crippen LogP contribution in [0.3, 0.4) is 0 Å². The van der Waals surface area contributed by atoms with E-state index < -0.39 is 0 Å². The third-order valence-electron chi connectivity index (χ3n) is 3.78. The number of aliphatic hydroxyl groups is 2. The van der Waals surface area contributed by atoms with Gasteiger partial charge in [0, 0.05) is 11.8 Å². The zero-order chi connectivity index (χ0) is 11.4. The summed E-state index contributed by atoms with van der Waals surface area (Å²) >= 11 is 0. The van der Waals surface area contributed by atoms with Crippen LogP contribution in [0.1, 0.15) is 51.4 Å². The Balaban J connectivity index is 1.83. The molecular weight excluding hydrogens is 200 g/mol. The van der Waals surface area contributed by atoms with Gasteiger partial charge in [-0.25, -0.2) is 0 Å². The zero-order valence-corrected chi connectivity index (χ0v) is 9.86. The summed E-state index contributed by atoms with van der Waals surface area (Å²) in [7, 11) is 0. The van der Waals surface area contributed by atoms with Crippen molar-refractivity contribution in [1.82, 2.24) is 0 Å². The summed E-state index contributed by atoms with van der Waals surface area (Å²) in [6.45, 7) is 0. The third kappa shape index (κ3) is 3.50. The quantitative estimate of drug-likeness (QED) is 0.616. The largest absolute Gasteiger partial charge is 0.393 e. The summed E-state index contributed by atoms with van der Waals surface area (Å²) in [6, 6.07) is 0. The van der Waals surface area contributed by atoms with E-state index in [0.29, 0.717) is 11.8 Å². The molecule has 0 saturated heterocycles. The van der Waals surface area contributed by atoms with Crippen molar-refractivity contribution >= 4 is 0 Å². The first-order valence-corrected chi connectivity index (χ1v) is 6.61. The number of rotatable bonds is 0. The van der Waals surface area contributed by atoms with Gasteiger partial charge in [-0.15, -0.1) is 0 Å². The van der Waals surface area contributed by atoms with Crippen LogP contribution < -0.4 is 0 Å². The minimum atomic E-state index is -0.134. The summed E-state index contributed by atoms with van der Waals surface area (Å²) in [4.78, 5) is 0. The Morgan fingerprint density at radius 2 is 1.12 bits per heavy atom. The van der Waals surface area contributed by atoms with Gasteiger partial charge in [-0.05, 0) is 51.4 Å². The highest BCUT2D eigenvalue weighted by atomic mass is 16.3. The van der Waals surface area contributed by atoms with Crippen LogP contribution in [0.15, 0.2) is 0 Å². The lowest BCUT2D eigenvalue weighted by Crippen LogP contribution is -2.20. The zero-order valence-electron chi connectivity index (χ0n) is 9.86. The summed E-state index contributed by atoms with van der Waals surface area (Å²) in [5.74, 6) is 7.43. The molecule has 0 spiro atoms. The van der Waals surface area contributed by atoms with Crippen LogP contribution in [-0.4, -0.2) is 22.4 Å². The van der Waals surface area contributed by atoms with Gasteiger partial charge >= 0.3 is 0 Å². The highest BCUT2D eigenvalue weighted by Crippen LogP contribution is 2.26. The molecule has 2 heteroatoms. The number of hydrogen-bond acceptors (Lipinski definition) is 2. The molecule has 2 rings (SSSR count). The topological polar surface area (TPSA) is 40.5 Å². The molecule has 2 aliphatic carbocycles. The number of hydrogen-bond donors (Lipinski definition) is 2. The maximum atomic E-state index is 9.55. The highest BCUT2D eigenvalue weighted by molar-refractivity contribution is 5.09. The third-order valence-corrected chi connectivity index (χ3v) is 3.78. The van der Waals surface area contributed by atoms with Crippen LogP contribution in [-0.2, 0) is 0 Å². The molecule has 2 aliphatic rings. The molecule has 0 heterocycles. The van der Waals surface area contributed by atoms with Crippen LogP contribution >= 0.6 is 0 Å². The van der Waals surface area contributed by atoms with Crippen molar-refractivity contribution in [3.63, 3.8) is 0 Å². The van der Waals surface area contributed by atoms with Gasteiger partial charge in [0.05, 0.1) is 12.2 Å². The van der Waals surface area contributed by atoms with E-state index in [1.807, 2.05) is 0 Å². The first-order chi connectivity index (χ1) is 7.74. The van der Waals surface area contributed by atoms with E-state index in [1.54, 1.807) is 0 Å². The maximum Gasteiger partial charge on any atom is 0.0552 e. The lowest BCUT2D eigenvalue weighted by molar-refractivity contribution is 0.112. The van der Waals surface area contributed by atoms with Crippen LogP contribution in [0.4, 0.5) is 0 Å². The molecule has 0 aliphatic heterocycles. The summed E-state index contributed by atoms with van der Waals surface area (Å²) in [5.41, 5.74) is 0. The van der Waals surface area contributed by atoms with Gasteiger partial charge in [-0.1, -0.05) is 11.8 Å². The predicted molar refractivity (Wildman–Crippen MR) is 63.7 cm³/mol. The minimum absolute atomic E-state index is 0.134. The molecule has 0 aromatic carbocycles. The van der Waals surface area contributed by atoms with Gasteiger partial charge in [0.1, 0.15) is 0 Å². The molecule has 16 heavy (non-hydrogen) atoms. The molecule has 2 fully saturated rings. The molecule has 0 aromatic heterocycles. The van der Waals surface area contributed by atoms with Gasteiger partial charge < -0.3 is 10.2 Å². The second kappa shape index (κ2) is 5.70. The predicted octanol–water partition coefficient (Wildman–Crippen LogP) is 2.09. The fourth-order valence-corrected chi connectivity index (χ4v) is 2.83. The van der Waals surface area contributed by atoms with E-state index in [0.717, 1.165) is 51.4 Å². The van der Waals surface area contributed by atoms with E-state index in [2.05, 4.69) is 11.8 Å². The highest BCUT2D eigenvalue weighted by Gasteiger charge is 2.20. The summed E-state index contributed by atoms with van der Waals surface area (Å²) in [5, 5.41) is 19.1. The molecular formula is C14H22O2. The van der Waals surface area contributed by atoms with Crippen molar-refractivity contribution in [3.8, 4) is 11.8 Å². The standard InChI is InChI=1S/C14H22O2/c15-13-5-1-3-11(9-13)7-8-12-4-2-6-14(16)10-12/h11-16H,1-6,9-10H2. The van der Waals surface area contributed by atoms with Gasteiger partial charge in [0.2, 0.25) is 0 Å². The summed E-state index contributed by atoms with van der Waals surface area (Å²) < 4.78 is 0. The second-order valence-corrected chi connectivity index (χ2v) is 5.32. The van der Waals surface area contributed by atoms with Crippen LogP contribution in [0.2, 0.25) is 0 Å². The molecule has 2 saturated carbocycles. The molecule has 90 valence electrons. The molecule has 0 aromatic rings. The minimum Gasteiger partial charge on any atom is -0.393 e. The first kappa shape index (κ1) is 12.0. The molecule has 0 radical (unpaired) electrons. The molecule has 4 unspecified atom stereocenters. The van der Waals surface area contributed by atoms with Crippen molar-refractivity contribution in [1.29, 1.82) is 0 Å². The SMILES string of the molecule is OC1CCCC(C#CC2CCCC(O)C2)C1. The normalized spacial score (nSPS) is 39.9. The molecule has 0 bridgehead atoms. The van der Waals surface area contributed by atoms with Gasteiger partial charge in [0.25, 0.3) is 0 Å². The van der Waals surface area contributed by atoms with Crippen molar-refractivity contribution in [2.45, 2.75) is 63.6 Å². The van der Waals surface area contributed by atoms with E-state index >= 15 is 0 Å². The average Bonchev–Trinajstić information content (AvgIpc) is 2.27. The smallest absolute Gasteiger partial charge is 0.0552 e. The maximum absolute atomic E-state index is 9.55. The monoisotopic (exact) mass is 222 g/mol. The Morgan fingerprint density at radius 1 is 0.688 bits per heavy atom. The van der Waals surface area contributed by atoms with Crippen LogP contribution in [0.25, 0.3) is 0 Å². The molecule has 2 nitrogen and oxygen atoms in total. The fraction of sp³-hybridized carbons (Fsp3) is 0.857. The lowest BCUT2D eigenvalue weighted by Gasteiger charge is -2.23. The summed E-state index contributed by atoms with van der Waals surface area (Å²) in [6.07, 6.45) is 7.81. The van der Waals surface area contributed by atoms with E-state index in [-0.39, 0.29) is 12.2 Å². The van der Waals surface area contributed by atoms with Crippen molar-refractivity contribution in [2.24, 2.45) is 11.8 Å². The van der Waals surface area contributed by atoms with Gasteiger partial charge in [-0.2, -0.15) is 0 Å². The Bertz CT molecular complexity index is 250. The van der Waals surface area contributed by atoms with Crippen LogP contribution in [0.5, 0.6) is 0 Å². The molecule has 0 amide bonds. The Kier molecular flexibility index (Phi) is 4.26. The van der Waals surface area contributed by atoms with Crippen molar-refractivity contribution in [2.75, 3.05) is 0 Å². The van der Waals surface area contributed by atoms with Crippen LogP contribution in [0, 0.1) is 23.7 Å². The van der Waals surface area contributed by atoms with E-state index in [9.17, 15) is 10.2 Å². The number of aliphatic hydroxyl groups excluding tert-OH is 2. The van der Waals surface area contributed by atoms with E-state index in [4.69, 9.17) is 0 Å². The Hall–Kier alpha value is -0.520. The molecule has 4 atom stereocenters. The first-order valence-electron chi connectivity index (χ1n) is 6.61. The lowest BCUT2D eigenvalue weighted by atomic mass is 9.85. The van der Waals surface area contributed by atoms with Crippen molar-refractivity contribution < 1.29 is 10.2 Å².